The van der Waals surface area contributed by atoms with Gasteiger partial charge in [0.05, 0.1) is 32.5 Å². The van der Waals surface area contributed by atoms with Gasteiger partial charge in [0, 0.05) is 0 Å². The summed E-state index contributed by atoms with van der Waals surface area (Å²) >= 11 is 5.46. The first kappa shape index (κ1) is 23.5. The summed E-state index contributed by atoms with van der Waals surface area (Å²) in [5.74, 6) is -0.864. The van der Waals surface area contributed by atoms with Crippen molar-refractivity contribution in [2.24, 2.45) is 0 Å². The number of hydrogen-bond acceptors (Lipinski definition) is 7. The van der Waals surface area contributed by atoms with Crippen LogP contribution in [0.2, 0.25) is 0 Å². The van der Waals surface area contributed by atoms with Gasteiger partial charge < -0.3 is 14.4 Å². The van der Waals surface area contributed by atoms with Crippen LogP contribution in [0.5, 0.6) is 0 Å². The molecule has 2 rings (SSSR count). The molecule has 0 radical (unpaired) electrons. The van der Waals surface area contributed by atoms with Gasteiger partial charge in [-0.05, 0) is 45.5 Å². The van der Waals surface area contributed by atoms with Gasteiger partial charge in [-0.3, -0.25) is 13.6 Å². The Morgan fingerprint density at radius 3 is 1.89 bits per heavy atom. The normalized spacial score (nSPS) is 20.4. The zero-order chi connectivity index (χ0) is 20.8. The Labute approximate surface area is 172 Å². The third-order valence-corrected chi connectivity index (χ3v) is 8.91. The molecule has 1 aromatic carbocycles. The lowest BCUT2D eigenvalue weighted by molar-refractivity contribution is 0.175. The lowest BCUT2D eigenvalue weighted by Crippen LogP contribution is -2.30. The summed E-state index contributed by atoms with van der Waals surface area (Å²) in [6.07, 6.45) is 0. The van der Waals surface area contributed by atoms with E-state index in [1.807, 2.05) is 30.3 Å². The van der Waals surface area contributed by atoms with Gasteiger partial charge in [0.25, 0.3) is 0 Å². The lowest BCUT2D eigenvalue weighted by Gasteiger charge is -2.34. The van der Waals surface area contributed by atoms with Gasteiger partial charge in [-0.1, -0.05) is 30.3 Å². The predicted molar refractivity (Wildman–Crippen MR) is 112 cm³/mol. The van der Waals surface area contributed by atoms with E-state index in [2.05, 4.69) is 5.32 Å². The van der Waals surface area contributed by atoms with Crippen LogP contribution in [0, 0.1) is 0 Å². The average molecular weight is 450 g/mol. The van der Waals surface area contributed by atoms with Crippen molar-refractivity contribution in [2.45, 2.75) is 39.5 Å². The molecule has 0 unspecified atom stereocenters. The van der Waals surface area contributed by atoms with Crippen molar-refractivity contribution >= 4 is 32.7 Å². The summed E-state index contributed by atoms with van der Waals surface area (Å²) in [5, 5.41) is 3.11. The Morgan fingerprint density at radius 1 is 0.929 bits per heavy atom. The monoisotopic (exact) mass is 450 g/mol. The molecular formula is C17H28N2O6P2S. The summed E-state index contributed by atoms with van der Waals surface area (Å²) < 4.78 is 50.7. The summed E-state index contributed by atoms with van der Waals surface area (Å²) in [7, 11) is -7.44. The van der Waals surface area contributed by atoms with Gasteiger partial charge >= 0.3 is 15.3 Å². The third kappa shape index (κ3) is 4.85. The molecule has 1 aliphatic heterocycles. The van der Waals surface area contributed by atoms with Crippen molar-refractivity contribution in [3.05, 3.63) is 35.9 Å². The molecule has 0 amide bonds. The minimum atomic E-state index is -3.79. The standard InChI is InChI=1S/C17H28N2O6P2S/c1-5-22-26(20,23-6-2)16-15(14-12-10-9-11-13-14)19(17(28)18-16)27(21,24-7-3)25-8-4/h9-13,15-16H,5-8H2,1-4H3,(H,18,28)/t15-,16-/m0/s1. The molecule has 0 aliphatic carbocycles. The first-order valence-corrected chi connectivity index (χ1v) is 12.8. The first-order valence-electron chi connectivity index (χ1n) is 9.29. The Hall–Kier alpha value is -0.790. The fraction of sp³-hybridized carbons (Fsp3) is 0.588. The fourth-order valence-electron chi connectivity index (χ4n) is 3.07. The van der Waals surface area contributed by atoms with Crippen molar-refractivity contribution < 1.29 is 27.2 Å². The molecule has 2 atom stereocenters. The van der Waals surface area contributed by atoms with Crippen LogP contribution in [-0.4, -0.2) is 42.0 Å². The molecule has 0 spiro atoms. The summed E-state index contributed by atoms with van der Waals surface area (Å²) in [5.41, 5.74) is 0.735. The van der Waals surface area contributed by atoms with E-state index in [0.717, 1.165) is 5.56 Å². The highest BCUT2D eigenvalue weighted by atomic mass is 32.1. The Morgan fingerprint density at radius 2 is 1.43 bits per heavy atom. The largest absolute Gasteiger partial charge is 0.437 e. The maximum absolute atomic E-state index is 13.6. The van der Waals surface area contributed by atoms with Crippen molar-refractivity contribution in [2.75, 3.05) is 26.4 Å². The molecule has 0 saturated carbocycles. The van der Waals surface area contributed by atoms with Crippen LogP contribution in [0.25, 0.3) is 0 Å². The van der Waals surface area contributed by atoms with Gasteiger partial charge in [0.15, 0.2) is 10.9 Å². The topological polar surface area (TPSA) is 86.3 Å². The quantitative estimate of drug-likeness (QED) is 0.381. The highest BCUT2D eigenvalue weighted by molar-refractivity contribution is 7.81. The van der Waals surface area contributed by atoms with Gasteiger partial charge in [-0.15, -0.1) is 0 Å². The summed E-state index contributed by atoms with van der Waals surface area (Å²) in [6, 6.07) is 8.49. The third-order valence-electron chi connectivity index (χ3n) is 3.99. The molecule has 1 saturated heterocycles. The molecule has 1 heterocycles. The number of nitrogens with zero attached hydrogens (tertiary/aromatic N) is 1. The van der Waals surface area contributed by atoms with E-state index in [4.69, 9.17) is 30.3 Å². The Bertz CT molecular complexity index is 730. The second kappa shape index (κ2) is 10.3. The minimum absolute atomic E-state index is 0.115. The van der Waals surface area contributed by atoms with Crippen LogP contribution in [0.4, 0.5) is 0 Å². The number of hydrogen-bond donors (Lipinski definition) is 1. The van der Waals surface area contributed by atoms with Crippen molar-refractivity contribution in [3.63, 3.8) is 0 Å². The molecule has 1 N–H and O–H groups in total. The zero-order valence-electron chi connectivity index (χ0n) is 16.6. The summed E-state index contributed by atoms with van der Waals surface area (Å²) in [4.78, 5) is 0. The van der Waals surface area contributed by atoms with Crippen LogP contribution < -0.4 is 5.32 Å². The van der Waals surface area contributed by atoms with Crippen LogP contribution in [0.3, 0.4) is 0 Å². The van der Waals surface area contributed by atoms with Crippen molar-refractivity contribution in [1.29, 1.82) is 0 Å². The van der Waals surface area contributed by atoms with Crippen LogP contribution in [-0.2, 0) is 27.2 Å². The number of benzene rings is 1. The van der Waals surface area contributed by atoms with Crippen LogP contribution in [0.1, 0.15) is 39.3 Å². The minimum Gasteiger partial charge on any atom is -0.346 e. The maximum Gasteiger partial charge on any atom is 0.437 e. The van der Waals surface area contributed by atoms with E-state index < -0.39 is 27.2 Å². The Balaban J connectivity index is 2.60. The van der Waals surface area contributed by atoms with Crippen molar-refractivity contribution in [3.8, 4) is 0 Å². The van der Waals surface area contributed by atoms with Crippen molar-refractivity contribution in [1.82, 2.24) is 9.99 Å². The molecule has 11 heteroatoms. The highest BCUT2D eigenvalue weighted by Gasteiger charge is 2.56. The van der Waals surface area contributed by atoms with Gasteiger partial charge in [0.2, 0.25) is 0 Å². The van der Waals surface area contributed by atoms with Crippen LogP contribution >= 0.6 is 27.6 Å². The van der Waals surface area contributed by atoms with E-state index >= 15 is 0 Å². The van der Waals surface area contributed by atoms with E-state index in [1.54, 1.807) is 27.7 Å². The SMILES string of the molecule is CCOP(=O)(OCC)[C@@H]1NC(=S)N(P(=O)(OCC)OCC)[C@H]1c1ccccc1. The maximum atomic E-state index is 13.6. The van der Waals surface area contributed by atoms with E-state index in [-0.39, 0.29) is 31.5 Å². The number of thiocarbonyl (C=S) groups is 1. The van der Waals surface area contributed by atoms with Gasteiger partial charge in [-0.25, -0.2) is 9.24 Å². The molecule has 1 fully saturated rings. The lowest BCUT2D eigenvalue weighted by atomic mass is 10.1. The van der Waals surface area contributed by atoms with E-state index in [1.165, 1.54) is 4.67 Å². The Kier molecular flexibility index (Phi) is 8.64. The molecule has 158 valence electrons. The molecule has 0 bridgehead atoms. The molecular weight excluding hydrogens is 422 g/mol. The van der Waals surface area contributed by atoms with E-state index in [0.29, 0.717) is 0 Å². The van der Waals surface area contributed by atoms with Gasteiger partial charge in [0.1, 0.15) is 0 Å². The first-order chi connectivity index (χ1) is 13.4. The smallest absolute Gasteiger partial charge is 0.346 e. The summed E-state index contributed by atoms with van der Waals surface area (Å²) in [6.45, 7) is 7.63. The zero-order valence-corrected chi connectivity index (χ0v) is 19.2. The molecule has 1 aliphatic rings. The molecule has 0 aromatic heterocycles. The molecule has 1 aromatic rings. The molecule has 28 heavy (non-hydrogen) atoms. The average Bonchev–Trinajstić information content (AvgIpc) is 3.02. The predicted octanol–water partition coefficient (Wildman–Crippen LogP) is 4.69. The molecule has 8 nitrogen and oxygen atoms in total. The van der Waals surface area contributed by atoms with E-state index in [9.17, 15) is 9.13 Å². The highest BCUT2D eigenvalue weighted by Crippen LogP contribution is 2.65. The second-order valence-corrected chi connectivity index (χ2v) is 10.2. The number of nitrogens with one attached hydrogen (secondary N) is 1. The second-order valence-electron chi connectivity index (χ2n) is 5.77. The number of rotatable bonds is 11. The van der Waals surface area contributed by atoms with Crippen LogP contribution in [0.15, 0.2) is 30.3 Å². The fourth-order valence-corrected chi connectivity index (χ4v) is 7.67. The van der Waals surface area contributed by atoms with Gasteiger partial charge in [-0.2, -0.15) is 0 Å².